The molecule has 1 aliphatic carbocycles. The van der Waals surface area contributed by atoms with Gasteiger partial charge in [-0.15, -0.1) is 0 Å². The van der Waals surface area contributed by atoms with Gasteiger partial charge >= 0.3 is 5.76 Å². The Bertz CT molecular complexity index is 558. The largest absolute Gasteiger partial charge is 0.395 e. The Labute approximate surface area is 116 Å². The highest BCUT2D eigenvalue weighted by molar-refractivity contribution is 7.91. The topological polar surface area (TPSA) is 57.6 Å². The molecular formula is C13H17F2NO3S. The molecule has 1 fully saturated rings. The molecule has 0 aromatic heterocycles. The van der Waals surface area contributed by atoms with Gasteiger partial charge in [-0.3, -0.25) is 0 Å². The zero-order chi connectivity index (χ0) is 14.8. The van der Waals surface area contributed by atoms with E-state index in [1.807, 2.05) is 0 Å². The number of aliphatic hydroxyl groups is 1. The van der Waals surface area contributed by atoms with Gasteiger partial charge in [-0.05, 0) is 31.4 Å². The van der Waals surface area contributed by atoms with Gasteiger partial charge in [0.15, 0.2) is 0 Å². The normalized spacial score (nSPS) is 16.2. The minimum absolute atomic E-state index is 0.108. The maximum Gasteiger partial charge on any atom is 0.341 e. The van der Waals surface area contributed by atoms with Crippen LogP contribution in [0.4, 0.5) is 14.5 Å². The molecule has 0 aliphatic heterocycles. The lowest BCUT2D eigenvalue weighted by molar-refractivity contribution is 0.234. The van der Waals surface area contributed by atoms with E-state index >= 15 is 0 Å². The molecule has 1 aromatic carbocycles. The first-order valence-electron chi connectivity index (χ1n) is 6.47. The Morgan fingerprint density at radius 1 is 1.30 bits per heavy atom. The zero-order valence-electron chi connectivity index (χ0n) is 10.9. The number of hydrogen-bond acceptors (Lipinski definition) is 4. The Kier molecular flexibility index (Phi) is 4.59. The number of halogens is 2. The smallest absolute Gasteiger partial charge is 0.341 e. The van der Waals surface area contributed by atoms with Crippen molar-refractivity contribution < 1.29 is 22.3 Å². The fourth-order valence-electron chi connectivity index (χ4n) is 2.34. The van der Waals surface area contributed by atoms with Gasteiger partial charge in [0.25, 0.3) is 0 Å². The lowest BCUT2D eigenvalue weighted by atomic mass is 9.91. The van der Waals surface area contributed by atoms with Gasteiger partial charge in [0.2, 0.25) is 9.84 Å². The average molecular weight is 305 g/mol. The SMILES string of the molecule is O=S(=O)(c1ccccc1N(CCO)C1CCC1)C(F)F. The van der Waals surface area contributed by atoms with E-state index in [0.29, 0.717) is 0 Å². The molecule has 20 heavy (non-hydrogen) atoms. The first-order chi connectivity index (χ1) is 9.48. The van der Waals surface area contributed by atoms with Crippen molar-refractivity contribution in [3.05, 3.63) is 24.3 Å². The summed E-state index contributed by atoms with van der Waals surface area (Å²) in [6, 6.07) is 5.86. The number of hydrogen-bond donors (Lipinski definition) is 1. The van der Waals surface area contributed by atoms with E-state index in [-0.39, 0.29) is 29.8 Å². The van der Waals surface area contributed by atoms with E-state index in [0.717, 1.165) is 19.3 Å². The number of alkyl halides is 2. The molecular weight excluding hydrogens is 288 g/mol. The van der Waals surface area contributed by atoms with Crippen LogP contribution < -0.4 is 4.90 Å². The van der Waals surface area contributed by atoms with Crippen LogP contribution in [0.5, 0.6) is 0 Å². The molecule has 0 spiro atoms. The Hall–Kier alpha value is -1.21. The van der Waals surface area contributed by atoms with Crippen molar-refractivity contribution in [3.8, 4) is 0 Å². The molecule has 0 saturated heterocycles. The summed E-state index contributed by atoms with van der Waals surface area (Å²) in [6.45, 7) is 0.0833. The second-order valence-electron chi connectivity index (χ2n) is 4.78. The lowest BCUT2D eigenvalue weighted by Gasteiger charge is -2.39. The molecule has 0 atom stereocenters. The van der Waals surface area contributed by atoms with Gasteiger partial charge in [-0.1, -0.05) is 12.1 Å². The van der Waals surface area contributed by atoms with Crippen LogP contribution in [-0.4, -0.2) is 38.5 Å². The highest BCUT2D eigenvalue weighted by Crippen LogP contribution is 2.34. The van der Waals surface area contributed by atoms with Gasteiger partial charge in [0.05, 0.1) is 17.2 Å². The number of nitrogens with zero attached hydrogens (tertiary/aromatic N) is 1. The first kappa shape index (κ1) is 15.2. The van der Waals surface area contributed by atoms with Gasteiger partial charge in [-0.2, -0.15) is 8.78 Å². The number of sulfone groups is 1. The molecule has 0 heterocycles. The zero-order valence-corrected chi connectivity index (χ0v) is 11.7. The number of benzene rings is 1. The van der Waals surface area contributed by atoms with Crippen LogP contribution in [0.2, 0.25) is 0 Å². The second-order valence-corrected chi connectivity index (χ2v) is 6.66. The third kappa shape index (κ3) is 2.78. The molecule has 0 radical (unpaired) electrons. The van der Waals surface area contributed by atoms with Crippen LogP contribution in [-0.2, 0) is 9.84 Å². The molecule has 1 aromatic rings. The molecule has 4 nitrogen and oxygen atoms in total. The first-order valence-corrected chi connectivity index (χ1v) is 8.01. The summed E-state index contributed by atoms with van der Waals surface area (Å²) in [5.74, 6) is -3.44. The van der Waals surface area contributed by atoms with Crippen molar-refractivity contribution in [3.63, 3.8) is 0 Å². The van der Waals surface area contributed by atoms with Crippen molar-refractivity contribution in [1.29, 1.82) is 0 Å². The third-order valence-corrected chi connectivity index (χ3v) is 5.00. The van der Waals surface area contributed by atoms with Crippen molar-refractivity contribution >= 4 is 15.5 Å². The molecule has 112 valence electrons. The molecule has 1 N–H and O–H groups in total. The Morgan fingerprint density at radius 2 is 1.95 bits per heavy atom. The van der Waals surface area contributed by atoms with E-state index in [2.05, 4.69) is 0 Å². The van der Waals surface area contributed by atoms with Crippen molar-refractivity contribution in [2.24, 2.45) is 0 Å². The van der Waals surface area contributed by atoms with E-state index in [1.54, 1.807) is 11.0 Å². The summed E-state index contributed by atoms with van der Waals surface area (Å²) in [6.07, 6.45) is 2.78. The summed E-state index contributed by atoms with van der Waals surface area (Å²) < 4.78 is 49.0. The predicted molar refractivity (Wildman–Crippen MR) is 71.7 cm³/mol. The minimum Gasteiger partial charge on any atom is -0.395 e. The fraction of sp³-hybridized carbons (Fsp3) is 0.538. The van der Waals surface area contributed by atoms with Crippen LogP contribution in [0.1, 0.15) is 19.3 Å². The number of rotatable bonds is 6. The highest BCUT2D eigenvalue weighted by atomic mass is 32.2. The lowest BCUT2D eigenvalue weighted by Crippen LogP contribution is -2.42. The molecule has 1 aliphatic rings. The van der Waals surface area contributed by atoms with Crippen molar-refractivity contribution in [1.82, 2.24) is 0 Å². The molecule has 2 rings (SSSR count). The van der Waals surface area contributed by atoms with E-state index < -0.39 is 15.6 Å². The molecule has 0 bridgehead atoms. The summed E-state index contributed by atoms with van der Waals surface area (Å²) in [4.78, 5) is 1.36. The fourth-order valence-corrected chi connectivity index (χ4v) is 3.27. The van der Waals surface area contributed by atoms with E-state index in [4.69, 9.17) is 5.11 Å². The average Bonchev–Trinajstić information content (AvgIpc) is 2.36. The van der Waals surface area contributed by atoms with Crippen molar-refractivity contribution in [2.75, 3.05) is 18.1 Å². The maximum absolute atomic E-state index is 12.8. The quantitative estimate of drug-likeness (QED) is 0.874. The van der Waals surface area contributed by atoms with Gasteiger partial charge in [0, 0.05) is 12.6 Å². The third-order valence-electron chi connectivity index (χ3n) is 3.57. The minimum atomic E-state index is -4.65. The van der Waals surface area contributed by atoms with Crippen LogP contribution >= 0.6 is 0 Å². The summed E-state index contributed by atoms with van der Waals surface area (Å²) in [5, 5.41) is 9.13. The Balaban J connectivity index is 2.45. The second kappa shape index (κ2) is 6.05. The predicted octanol–water partition coefficient (Wildman–Crippen LogP) is 2.03. The Morgan fingerprint density at radius 3 is 2.45 bits per heavy atom. The monoisotopic (exact) mass is 305 g/mol. The summed E-state index contributed by atoms with van der Waals surface area (Å²) in [5.41, 5.74) is 0.256. The van der Waals surface area contributed by atoms with Gasteiger partial charge < -0.3 is 10.0 Å². The maximum atomic E-state index is 12.8. The molecule has 7 heteroatoms. The summed E-state index contributed by atoms with van der Waals surface area (Å²) >= 11 is 0. The van der Waals surface area contributed by atoms with E-state index in [9.17, 15) is 17.2 Å². The summed E-state index contributed by atoms with van der Waals surface area (Å²) in [7, 11) is -4.65. The van der Waals surface area contributed by atoms with Crippen LogP contribution in [0, 0.1) is 0 Å². The van der Waals surface area contributed by atoms with E-state index in [1.165, 1.54) is 18.2 Å². The van der Waals surface area contributed by atoms with Crippen LogP contribution in [0.3, 0.4) is 0 Å². The van der Waals surface area contributed by atoms with Gasteiger partial charge in [-0.25, -0.2) is 8.42 Å². The molecule has 0 amide bonds. The number of aliphatic hydroxyl groups excluding tert-OH is 1. The standard InChI is InChI=1S/C13H17F2NO3S/c14-13(15)20(18,19)12-7-2-1-6-11(12)16(8-9-17)10-4-3-5-10/h1-2,6-7,10,13,17H,3-5,8-9H2. The van der Waals surface area contributed by atoms with Crippen LogP contribution in [0.25, 0.3) is 0 Å². The molecule has 0 unspecified atom stereocenters. The molecule has 1 saturated carbocycles. The number of anilines is 1. The van der Waals surface area contributed by atoms with Crippen molar-refractivity contribution in [2.45, 2.75) is 36.0 Å². The number of para-hydroxylation sites is 1. The van der Waals surface area contributed by atoms with Crippen LogP contribution in [0.15, 0.2) is 29.2 Å². The highest BCUT2D eigenvalue weighted by Gasteiger charge is 2.33. The van der Waals surface area contributed by atoms with Gasteiger partial charge in [0.1, 0.15) is 0 Å².